The lowest BCUT2D eigenvalue weighted by atomic mass is 10.1. The predicted molar refractivity (Wildman–Crippen MR) is 96.6 cm³/mol. The molecule has 1 amide bonds. The Labute approximate surface area is 143 Å². The molecule has 0 saturated heterocycles. The number of aromatic nitrogens is 1. The van der Waals surface area contributed by atoms with E-state index in [4.69, 9.17) is 4.74 Å². The molecule has 0 aliphatic carbocycles. The van der Waals surface area contributed by atoms with E-state index in [1.54, 1.807) is 25.4 Å². The zero-order chi connectivity index (χ0) is 17.4. The van der Waals surface area contributed by atoms with Gasteiger partial charge in [0, 0.05) is 24.8 Å². The summed E-state index contributed by atoms with van der Waals surface area (Å²) in [5.74, 6) is 2.00. The van der Waals surface area contributed by atoms with E-state index < -0.39 is 0 Å². The summed E-state index contributed by atoms with van der Waals surface area (Å²) in [6, 6.07) is 11.4. The third-order valence-corrected chi connectivity index (χ3v) is 3.57. The van der Waals surface area contributed by atoms with E-state index in [0.29, 0.717) is 18.0 Å². The lowest BCUT2D eigenvalue weighted by Crippen LogP contribution is -2.25. The molecule has 2 N–H and O–H groups in total. The number of pyridine rings is 1. The van der Waals surface area contributed by atoms with E-state index in [-0.39, 0.29) is 5.91 Å². The van der Waals surface area contributed by atoms with Gasteiger partial charge in [0.2, 0.25) is 0 Å². The fraction of sp³-hybridized carbons (Fsp3) is 0.368. The summed E-state index contributed by atoms with van der Waals surface area (Å²) in [6.07, 6.45) is 2.43. The van der Waals surface area contributed by atoms with Crippen molar-refractivity contribution in [1.29, 1.82) is 0 Å². The summed E-state index contributed by atoms with van der Waals surface area (Å²) in [4.78, 5) is 16.5. The molecule has 1 heterocycles. The van der Waals surface area contributed by atoms with Crippen molar-refractivity contribution in [2.45, 2.75) is 20.3 Å². The van der Waals surface area contributed by atoms with Gasteiger partial charge in [-0.05, 0) is 42.2 Å². The molecule has 2 rings (SSSR count). The Bertz CT molecular complexity index is 654. The molecule has 1 aromatic heterocycles. The number of nitrogens with one attached hydrogen (secondary N) is 2. The molecule has 0 aliphatic heterocycles. The summed E-state index contributed by atoms with van der Waals surface area (Å²) in [5, 5.41) is 6.17. The largest absolute Gasteiger partial charge is 0.497 e. The Balaban J connectivity index is 1.84. The third kappa shape index (κ3) is 5.57. The second-order valence-electron chi connectivity index (χ2n) is 6.06. The topological polar surface area (TPSA) is 63.2 Å². The van der Waals surface area contributed by atoms with E-state index in [2.05, 4.69) is 29.5 Å². The summed E-state index contributed by atoms with van der Waals surface area (Å²) >= 11 is 0. The normalized spacial score (nSPS) is 10.5. The minimum absolute atomic E-state index is 0.0847. The van der Waals surface area contributed by atoms with E-state index in [1.807, 2.05) is 24.3 Å². The Morgan fingerprint density at radius 2 is 1.96 bits per heavy atom. The van der Waals surface area contributed by atoms with Crippen LogP contribution in [0.25, 0.3) is 0 Å². The number of hydrogen-bond acceptors (Lipinski definition) is 4. The monoisotopic (exact) mass is 327 g/mol. The van der Waals surface area contributed by atoms with Gasteiger partial charge in [0.1, 0.15) is 11.6 Å². The standard InChI is InChI=1S/C19H25N3O2/c1-14(2)13-22-18-12-16(9-11-20-18)19(23)21-10-8-15-4-6-17(24-3)7-5-15/h4-7,9,11-12,14H,8,10,13H2,1-3H3,(H,20,22)(H,21,23). The molecule has 0 saturated carbocycles. The number of methoxy groups -OCH3 is 1. The molecule has 2 aromatic rings. The van der Waals surface area contributed by atoms with Crippen molar-refractivity contribution in [2.24, 2.45) is 5.92 Å². The van der Waals surface area contributed by atoms with Crippen LogP contribution in [0.4, 0.5) is 5.82 Å². The van der Waals surface area contributed by atoms with Gasteiger partial charge in [-0.15, -0.1) is 0 Å². The highest BCUT2D eigenvalue weighted by Crippen LogP contribution is 2.11. The third-order valence-electron chi connectivity index (χ3n) is 3.57. The van der Waals surface area contributed by atoms with Gasteiger partial charge in [-0.1, -0.05) is 26.0 Å². The number of anilines is 1. The van der Waals surface area contributed by atoms with Gasteiger partial charge in [-0.3, -0.25) is 4.79 Å². The van der Waals surface area contributed by atoms with Crippen molar-refractivity contribution in [3.63, 3.8) is 0 Å². The van der Waals surface area contributed by atoms with Crippen molar-refractivity contribution in [3.05, 3.63) is 53.7 Å². The van der Waals surface area contributed by atoms with Gasteiger partial charge in [0.25, 0.3) is 5.91 Å². The SMILES string of the molecule is COc1ccc(CCNC(=O)c2ccnc(NCC(C)C)c2)cc1. The molecule has 5 heteroatoms. The molecular formula is C19H25N3O2. The van der Waals surface area contributed by atoms with E-state index in [0.717, 1.165) is 30.1 Å². The first kappa shape index (κ1) is 17.8. The lowest BCUT2D eigenvalue weighted by molar-refractivity contribution is 0.0954. The molecule has 128 valence electrons. The van der Waals surface area contributed by atoms with Crippen LogP contribution in [-0.2, 0) is 6.42 Å². The highest BCUT2D eigenvalue weighted by atomic mass is 16.5. The van der Waals surface area contributed by atoms with Gasteiger partial charge < -0.3 is 15.4 Å². The van der Waals surface area contributed by atoms with Crippen molar-refractivity contribution < 1.29 is 9.53 Å². The Morgan fingerprint density at radius 1 is 1.21 bits per heavy atom. The molecule has 24 heavy (non-hydrogen) atoms. The minimum atomic E-state index is -0.0847. The number of ether oxygens (including phenoxy) is 1. The highest BCUT2D eigenvalue weighted by molar-refractivity contribution is 5.94. The summed E-state index contributed by atoms with van der Waals surface area (Å²) in [7, 11) is 1.65. The van der Waals surface area contributed by atoms with Crippen molar-refractivity contribution in [3.8, 4) is 5.75 Å². The summed E-state index contributed by atoms with van der Waals surface area (Å²) < 4.78 is 5.13. The van der Waals surface area contributed by atoms with Crippen LogP contribution in [0, 0.1) is 5.92 Å². The van der Waals surface area contributed by atoms with Crippen LogP contribution in [-0.4, -0.2) is 31.1 Å². The zero-order valence-electron chi connectivity index (χ0n) is 14.5. The second-order valence-corrected chi connectivity index (χ2v) is 6.06. The maximum absolute atomic E-state index is 12.2. The number of amides is 1. The number of nitrogens with zero attached hydrogens (tertiary/aromatic N) is 1. The maximum atomic E-state index is 12.2. The first-order chi connectivity index (χ1) is 11.6. The Kier molecular flexibility index (Phi) is 6.61. The first-order valence-corrected chi connectivity index (χ1v) is 8.19. The van der Waals surface area contributed by atoms with Crippen LogP contribution in [0.1, 0.15) is 29.8 Å². The average molecular weight is 327 g/mol. The van der Waals surface area contributed by atoms with E-state index in [1.165, 1.54) is 0 Å². The Morgan fingerprint density at radius 3 is 2.62 bits per heavy atom. The number of rotatable bonds is 8. The van der Waals surface area contributed by atoms with E-state index >= 15 is 0 Å². The summed E-state index contributed by atoms with van der Waals surface area (Å²) in [6.45, 7) is 5.67. The fourth-order valence-corrected chi connectivity index (χ4v) is 2.19. The van der Waals surface area contributed by atoms with Crippen molar-refractivity contribution in [1.82, 2.24) is 10.3 Å². The molecule has 0 unspecified atom stereocenters. The van der Waals surface area contributed by atoms with Gasteiger partial charge in [0.15, 0.2) is 0 Å². The van der Waals surface area contributed by atoms with Gasteiger partial charge in [-0.25, -0.2) is 4.98 Å². The molecular weight excluding hydrogens is 302 g/mol. The first-order valence-electron chi connectivity index (χ1n) is 8.19. The number of hydrogen-bond donors (Lipinski definition) is 2. The Hall–Kier alpha value is -2.56. The smallest absolute Gasteiger partial charge is 0.251 e. The lowest BCUT2D eigenvalue weighted by Gasteiger charge is -2.10. The average Bonchev–Trinajstić information content (AvgIpc) is 2.60. The summed E-state index contributed by atoms with van der Waals surface area (Å²) in [5.41, 5.74) is 1.77. The molecule has 0 bridgehead atoms. The minimum Gasteiger partial charge on any atom is -0.497 e. The molecule has 0 fully saturated rings. The van der Waals surface area contributed by atoms with Crippen LogP contribution in [0.15, 0.2) is 42.6 Å². The van der Waals surface area contributed by atoms with Crippen LogP contribution in [0.5, 0.6) is 5.75 Å². The van der Waals surface area contributed by atoms with E-state index in [9.17, 15) is 4.79 Å². The van der Waals surface area contributed by atoms with Crippen molar-refractivity contribution >= 4 is 11.7 Å². The maximum Gasteiger partial charge on any atom is 0.251 e. The van der Waals surface area contributed by atoms with Crippen molar-refractivity contribution in [2.75, 3.05) is 25.5 Å². The molecule has 0 aliphatic rings. The van der Waals surface area contributed by atoms with Gasteiger partial charge >= 0.3 is 0 Å². The molecule has 0 spiro atoms. The quantitative estimate of drug-likeness (QED) is 0.782. The molecule has 1 aromatic carbocycles. The zero-order valence-corrected chi connectivity index (χ0v) is 14.5. The second kappa shape index (κ2) is 8.91. The molecule has 0 atom stereocenters. The molecule has 0 radical (unpaired) electrons. The van der Waals surface area contributed by atoms with Crippen LogP contribution in [0.3, 0.4) is 0 Å². The van der Waals surface area contributed by atoms with Crippen LogP contribution >= 0.6 is 0 Å². The van der Waals surface area contributed by atoms with Gasteiger partial charge in [-0.2, -0.15) is 0 Å². The number of benzene rings is 1. The molecule has 5 nitrogen and oxygen atoms in total. The van der Waals surface area contributed by atoms with Crippen LogP contribution < -0.4 is 15.4 Å². The highest BCUT2D eigenvalue weighted by Gasteiger charge is 2.07. The van der Waals surface area contributed by atoms with Gasteiger partial charge in [0.05, 0.1) is 7.11 Å². The fourth-order valence-electron chi connectivity index (χ4n) is 2.19. The van der Waals surface area contributed by atoms with Crippen LogP contribution in [0.2, 0.25) is 0 Å². The predicted octanol–water partition coefficient (Wildman–Crippen LogP) is 3.13. The number of carbonyl (C=O) groups is 1. The number of carbonyl (C=O) groups excluding carboxylic acids is 1.